The summed E-state index contributed by atoms with van der Waals surface area (Å²) in [5, 5.41) is 9.51. The molecule has 0 saturated heterocycles. The first-order valence-electron chi connectivity index (χ1n) is 7.71. The standard InChI is InChI=1S/C19H16FN3O2S/c20-16-8-6-15(7-9-16)19(14-4-2-1-3-5-14)23-22-17-10-12-18(13-11-17)26(21,24)25/h1-13,22H,(H2,21,24,25)/b23-19+. The first kappa shape index (κ1) is 17.8. The van der Waals surface area contributed by atoms with E-state index < -0.39 is 10.0 Å². The summed E-state index contributed by atoms with van der Waals surface area (Å²) in [6, 6.07) is 21.4. The van der Waals surface area contributed by atoms with Gasteiger partial charge in [-0.1, -0.05) is 30.3 Å². The Morgan fingerprint density at radius 1 is 0.846 bits per heavy atom. The van der Waals surface area contributed by atoms with Crippen LogP contribution in [-0.4, -0.2) is 14.1 Å². The van der Waals surface area contributed by atoms with Crippen molar-refractivity contribution in [1.82, 2.24) is 0 Å². The Balaban J connectivity index is 1.93. The van der Waals surface area contributed by atoms with Gasteiger partial charge in [0.25, 0.3) is 0 Å². The SMILES string of the molecule is NS(=O)(=O)c1ccc(N/N=C(\c2ccccc2)c2ccc(F)cc2)cc1. The molecule has 3 aromatic rings. The summed E-state index contributed by atoms with van der Waals surface area (Å²) >= 11 is 0. The second-order valence-corrected chi connectivity index (χ2v) is 7.08. The van der Waals surface area contributed by atoms with Crippen LogP contribution in [0, 0.1) is 5.82 Å². The molecule has 5 nitrogen and oxygen atoms in total. The van der Waals surface area contributed by atoms with Gasteiger partial charge in [-0.3, -0.25) is 5.43 Å². The van der Waals surface area contributed by atoms with Gasteiger partial charge in [-0.25, -0.2) is 17.9 Å². The van der Waals surface area contributed by atoms with E-state index in [9.17, 15) is 12.8 Å². The van der Waals surface area contributed by atoms with Crippen molar-refractivity contribution in [2.24, 2.45) is 10.2 Å². The van der Waals surface area contributed by atoms with Crippen molar-refractivity contribution < 1.29 is 12.8 Å². The first-order chi connectivity index (χ1) is 12.4. The lowest BCUT2D eigenvalue weighted by Gasteiger charge is -2.09. The first-order valence-corrected chi connectivity index (χ1v) is 9.26. The fourth-order valence-corrected chi connectivity index (χ4v) is 2.85. The van der Waals surface area contributed by atoms with E-state index >= 15 is 0 Å². The molecule has 0 spiro atoms. The smallest absolute Gasteiger partial charge is 0.238 e. The summed E-state index contributed by atoms with van der Waals surface area (Å²) in [5.74, 6) is -0.326. The summed E-state index contributed by atoms with van der Waals surface area (Å²) < 4.78 is 35.8. The summed E-state index contributed by atoms with van der Waals surface area (Å²) in [7, 11) is -3.74. The number of benzene rings is 3. The molecule has 0 heterocycles. The zero-order chi connectivity index (χ0) is 18.6. The van der Waals surface area contributed by atoms with Crippen LogP contribution in [-0.2, 0) is 10.0 Å². The maximum atomic E-state index is 13.2. The molecule has 0 aliphatic heterocycles. The fraction of sp³-hybridized carbons (Fsp3) is 0. The maximum Gasteiger partial charge on any atom is 0.238 e. The van der Waals surface area contributed by atoms with Gasteiger partial charge in [-0.2, -0.15) is 5.10 Å². The second kappa shape index (κ2) is 7.47. The minimum absolute atomic E-state index is 0.0221. The molecule has 0 unspecified atom stereocenters. The van der Waals surface area contributed by atoms with Crippen LogP contribution < -0.4 is 10.6 Å². The summed E-state index contributed by atoms with van der Waals surface area (Å²) in [6.45, 7) is 0. The third kappa shape index (κ3) is 4.33. The van der Waals surface area contributed by atoms with Crippen LogP contribution in [0.15, 0.2) is 88.9 Å². The molecule has 132 valence electrons. The van der Waals surface area contributed by atoms with Crippen molar-refractivity contribution >= 4 is 21.4 Å². The van der Waals surface area contributed by atoms with Gasteiger partial charge in [-0.15, -0.1) is 0 Å². The van der Waals surface area contributed by atoms with E-state index in [2.05, 4.69) is 10.5 Å². The van der Waals surface area contributed by atoms with Crippen LogP contribution in [0.5, 0.6) is 0 Å². The highest BCUT2D eigenvalue weighted by molar-refractivity contribution is 7.89. The van der Waals surface area contributed by atoms with Gasteiger partial charge < -0.3 is 0 Å². The number of anilines is 1. The predicted molar refractivity (Wildman–Crippen MR) is 99.9 cm³/mol. The Labute approximate surface area is 151 Å². The minimum Gasteiger partial charge on any atom is -0.278 e. The molecule has 26 heavy (non-hydrogen) atoms. The molecule has 0 fully saturated rings. The zero-order valence-electron chi connectivity index (χ0n) is 13.6. The van der Waals surface area contributed by atoms with Crippen molar-refractivity contribution in [2.75, 3.05) is 5.43 Å². The number of halogens is 1. The lowest BCUT2D eigenvalue weighted by Crippen LogP contribution is -2.12. The third-order valence-corrected chi connectivity index (χ3v) is 4.57. The summed E-state index contributed by atoms with van der Waals surface area (Å²) in [6.07, 6.45) is 0. The predicted octanol–water partition coefficient (Wildman–Crippen LogP) is 3.34. The number of sulfonamides is 1. The number of primary sulfonamides is 1. The summed E-state index contributed by atoms with van der Waals surface area (Å²) in [4.78, 5) is 0.0221. The number of hydrogen-bond donors (Lipinski definition) is 2. The van der Waals surface area contributed by atoms with Gasteiger partial charge >= 0.3 is 0 Å². The summed E-state index contributed by atoms with van der Waals surface area (Å²) in [5.41, 5.74) is 5.71. The van der Waals surface area contributed by atoms with E-state index in [1.807, 2.05) is 30.3 Å². The van der Waals surface area contributed by atoms with Gasteiger partial charge in [0.15, 0.2) is 0 Å². The average Bonchev–Trinajstić information content (AvgIpc) is 2.64. The topological polar surface area (TPSA) is 84.5 Å². The molecular weight excluding hydrogens is 353 g/mol. The molecule has 7 heteroatoms. The van der Waals surface area contributed by atoms with Gasteiger partial charge in [0.1, 0.15) is 5.82 Å². The number of nitrogens with zero attached hydrogens (tertiary/aromatic N) is 1. The number of rotatable bonds is 5. The van der Waals surface area contributed by atoms with Crippen LogP contribution in [0.1, 0.15) is 11.1 Å². The van der Waals surface area contributed by atoms with E-state index in [-0.39, 0.29) is 10.7 Å². The van der Waals surface area contributed by atoms with Crippen molar-refractivity contribution in [3.63, 3.8) is 0 Å². The van der Waals surface area contributed by atoms with Crippen LogP contribution in [0.25, 0.3) is 0 Å². The Kier molecular flexibility index (Phi) is 5.11. The minimum atomic E-state index is -3.74. The highest BCUT2D eigenvalue weighted by Crippen LogP contribution is 2.15. The van der Waals surface area contributed by atoms with E-state index in [0.29, 0.717) is 11.4 Å². The number of nitrogens with two attached hydrogens (primary N) is 1. The molecule has 0 aromatic heterocycles. The average molecular weight is 369 g/mol. The Hall–Kier alpha value is -3.03. The Morgan fingerprint density at radius 3 is 2.00 bits per heavy atom. The van der Waals surface area contributed by atoms with Crippen LogP contribution in [0.4, 0.5) is 10.1 Å². The third-order valence-electron chi connectivity index (χ3n) is 3.64. The second-order valence-electron chi connectivity index (χ2n) is 5.51. The quantitative estimate of drug-likeness (QED) is 0.534. The van der Waals surface area contributed by atoms with Crippen molar-refractivity contribution in [2.45, 2.75) is 4.90 Å². The molecule has 3 N–H and O–H groups in total. The van der Waals surface area contributed by atoms with Crippen LogP contribution in [0.3, 0.4) is 0 Å². The highest BCUT2D eigenvalue weighted by Gasteiger charge is 2.09. The molecule has 3 aromatic carbocycles. The number of hydrogen-bond acceptors (Lipinski definition) is 4. The van der Waals surface area contributed by atoms with Gasteiger partial charge in [0.05, 0.1) is 16.3 Å². The Bertz CT molecular complexity index is 1020. The van der Waals surface area contributed by atoms with Crippen molar-refractivity contribution in [1.29, 1.82) is 0 Å². The largest absolute Gasteiger partial charge is 0.278 e. The van der Waals surface area contributed by atoms with Crippen molar-refractivity contribution in [3.05, 3.63) is 95.8 Å². The zero-order valence-corrected chi connectivity index (χ0v) is 14.4. The molecular formula is C19H16FN3O2S. The lowest BCUT2D eigenvalue weighted by molar-refractivity contribution is 0.598. The fourth-order valence-electron chi connectivity index (χ4n) is 2.34. The molecule has 0 amide bonds. The molecule has 0 aliphatic carbocycles. The van der Waals surface area contributed by atoms with E-state index in [1.165, 1.54) is 24.3 Å². The van der Waals surface area contributed by atoms with Crippen LogP contribution in [0.2, 0.25) is 0 Å². The van der Waals surface area contributed by atoms with Gasteiger partial charge in [0.2, 0.25) is 10.0 Å². The number of nitrogens with one attached hydrogen (secondary N) is 1. The molecule has 3 rings (SSSR count). The number of hydrazone groups is 1. The molecule has 0 atom stereocenters. The van der Waals surface area contributed by atoms with E-state index in [0.717, 1.165) is 11.1 Å². The Morgan fingerprint density at radius 2 is 1.42 bits per heavy atom. The van der Waals surface area contributed by atoms with Crippen molar-refractivity contribution in [3.8, 4) is 0 Å². The van der Waals surface area contributed by atoms with Gasteiger partial charge in [0, 0.05) is 11.1 Å². The maximum absolute atomic E-state index is 13.2. The molecule has 0 radical (unpaired) electrons. The monoisotopic (exact) mass is 369 g/mol. The molecule has 0 saturated carbocycles. The molecule has 0 aliphatic rings. The lowest BCUT2D eigenvalue weighted by atomic mass is 10.0. The van der Waals surface area contributed by atoms with E-state index in [4.69, 9.17) is 5.14 Å². The molecule has 0 bridgehead atoms. The van der Waals surface area contributed by atoms with Gasteiger partial charge in [-0.05, 0) is 48.5 Å². The normalized spacial score (nSPS) is 12.0. The highest BCUT2D eigenvalue weighted by atomic mass is 32.2. The van der Waals surface area contributed by atoms with Crippen LogP contribution >= 0.6 is 0 Å². The van der Waals surface area contributed by atoms with E-state index in [1.54, 1.807) is 24.3 Å².